The Morgan fingerprint density at radius 1 is 0.703 bits per heavy atom. The van der Waals surface area contributed by atoms with Gasteiger partial charge in [0.15, 0.2) is 0 Å². The third kappa shape index (κ3) is 3.93. The van der Waals surface area contributed by atoms with Gasteiger partial charge in [-0.25, -0.2) is 0 Å². The largest absolute Gasteiger partial charge is 0.313 e. The van der Waals surface area contributed by atoms with Crippen LogP contribution in [-0.4, -0.2) is 9.55 Å². The molecule has 6 aromatic rings. The number of rotatable bonds is 4. The molecule has 180 valence electrons. The fraction of sp³-hybridized carbons (Fsp3) is 0.121. The standard InChI is InChI=1S/C33H26BrN3/c34-25-19-28(21-29(20-25)37-32-13-5-3-11-30(32)31-12-4-6-14-33(31)37)36(27-10-7-17-35-22-27)26-16-15-23-8-1-2-9-24(23)18-26/h1-3,5,7-11,13,15-22H,4,6,12,14H2. The highest BCUT2D eigenvalue weighted by Gasteiger charge is 2.22. The predicted molar refractivity (Wildman–Crippen MR) is 158 cm³/mol. The minimum Gasteiger partial charge on any atom is -0.313 e. The van der Waals surface area contributed by atoms with Gasteiger partial charge >= 0.3 is 0 Å². The average molecular weight is 544 g/mol. The molecular weight excluding hydrogens is 518 g/mol. The van der Waals surface area contributed by atoms with Crippen LogP contribution in [0.25, 0.3) is 27.4 Å². The van der Waals surface area contributed by atoms with Crippen LogP contribution in [0.1, 0.15) is 24.1 Å². The maximum absolute atomic E-state index is 4.45. The molecule has 0 aliphatic heterocycles. The lowest BCUT2D eigenvalue weighted by Gasteiger charge is -2.27. The molecule has 0 N–H and O–H groups in total. The smallest absolute Gasteiger partial charge is 0.0644 e. The molecule has 0 fully saturated rings. The number of hydrogen-bond acceptors (Lipinski definition) is 2. The lowest BCUT2D eigenvalue weighted by molar-refractivity contribution is 0.667. The van der Waals surface area contributed by atoms with Gasteiger partial charge in [-0.05, 0) is 90.6 Å². The highest BCUT2D eigenvalue weighted by Crippen LogP contribution is 2.40. The SMILES string of the molecule is Brc1cc(N(c2cccnc2)c2ccc3ccccc3c2)cc(-n2c3c(c4ccccc42)CCCC3)c1. The van der Waals surface area contributed by atoms with Gasteiger partial charge in [-0.15, -0.1) is 0 Å². The second-order valence-electron chi connectivity index (χ2n) is 9.73. The molecule has 0 atom stereocenters. The van der Waals surface area contributed by atoms with E-state index in [1.807, 2.05) is 18.5 Å². The van der Waals surface area contributed by atoms with Crippen LogP contribution in [0.2, 0.25) is 0 Å². The summed E-state index contributed by atoms with van der Waals surface area (Å²) < 4.78 is 3.54. The highest BCUT2D eigenvalue weighted by molar-refractivity contribution is 9.10. The summed E-state index contributed by atoms with van der Waals surface area (Å²) in [5, 5.41) is 3.84. The van der Waals surface area contributed by atoms with Gasteiger partial charge < -0.3 is 9.47 Å². The Balaban J connectivity index is 1.45. The van der Waals surface area contributed by atoms with Gasteiger partial charge in [-0.1, -0.05) is 64.5 Å². The van der Waals surface area contributed by atoms with Gasteiger partial charge in [0.25, 0.3) is 0 Å². The van der Waals surface area contributed by atoms with Gasteiger partial charge in [-0.2, -0.15) is 0 Å². The van der Waals surface area contributed by atoms with Crippen molar-refractivity contribution in [2.75, 3.05) is 4.90 Å². The Bertz CT molecular complexity index is 1750. The Morgan fingerprint density at radius 2 is 1.54 bits per heavy atom. The molecule has 1 aliphatic rings. The second-order valence-corrected chi connectivity index (χ2v) is 10.6. The zero-order chi connectivity index (χ0) is 24.8. The number of aromatic nitrogens is 2. The third-order valence-electron chi connectivity index (χ3n) is 7.46. The molecule has 0 unspecified atom stereocenters. The first kappa shape index (κ1) is 22.3. The van der Waals surface area contributed by atoms with E-state index >= 15 is 0 Å². The van der Waals surface area contributed by atoms with E-state index in [0.29, 0.717) is 0 Å². The topological polar surface area (TPSA) is 21.1 Å². The summed E-state index contributed by atoms with van der Waals surface area (Å²) in [5.74, 6) is 0. The molecule has 0 saturated carbocycles. The zero-order valence-electron chi connectivity index (χ0n) is 20.4. The monoisotopic (exact) mass is 543 g/mol. The molecule has 4 heteroatoms. The summed E-state index contributed by atoms with van der Waals surface area (Å²) in [6, 6.07) is 34.9. The molecule has 2 heterocycles. The maximum atomic E-state index is 4.45. The van der Waals surface area contributed by atoms with Crippen LogP contribution in [0.3, 0.4) is 0 Å². The van der Waals surface area contributed by atoms with Gasteiger partial charge in [0.05, 0.1) is 17.4 Å². The van der Waals surface area contributed by atoms with E-state index in [-0.39, 0.29) is 0 Å². The van der Waals surface area contributed by atoms with Gasteiger partial charge in [0.1, 0.15) is 0 Å². The quantitative estimate of drug-likeness (QED) is 0.221. The fourth-order valence-electron chi connectivity index (χ4n) is 5.86. The van der Waals surface area contributed by atoms with Crippen LogP contribution in [0.4, 0.5) is 17.1 Å². The summed E-state index contributed by atoms with van der Waals surface area (Å²) in [5.41, 5.74) is 8.67. The lowest BCUT2D eigenvalue weighted by Crippen LogP contribution is -2.12. The van der Waals surface area contributed by atoms with Crippen molar-refractivity contribution in [1.82, 2.24) is 9.55 Å². The van der Waals surface area contributed by atoms with Crippen molar-refractivity contribution in [3.05, 3.63) is 125 Å². The average Bonchev–Trinajstić information content (AvgIpc) is 3.28. The van der Waals surface area contributed by atoms with Gasteiger partial charge in [-0.3, -0.25) is 4.98 Å². The second kappa shape index (κ2) is 9.20. The van der Waals surface area contributed by atoms with Crippen molar-refractivity contribution < 1.29 is 0 Å². The molecule has 0 amide bonds. The van der Waals surface area contributed by atoms with Crippen LogP contribution in [0.5, 0.6) is 0 Å². The Hall–Kier alpha value is -3.89. The van der Waals surface area contributed by atoms with Gasteiger partial charge in [0.2, 0.25) is 0 Å². The molecule has 0 saturated heterocycles. The fourth-order valence-corrected chi connectivity index (χ4v) is 6.33. The molecule has 0 bridgehead atoms. The number of para-hydroxylation sites is 1. The summed E-state index contributed by atoms with van der Waals surface area (Å²) in [6.07, 6.45) is 8.53. The van der Waals surface area contributed by atoms with E-state index < -0.39 is 0 Å². The van der Waals surface area contributed by atoms with Crippen LogP contribution in [-0.2, 0) is 12.8 Å². The molecule has 37 heavy (non-hydrogen) atoms. The first-order chi connectivity index (χ1) is 18.3. The first-order valence-corrected chi connectivity index (χ1v) is 13.7. The first-order valence-electron chi connectivity index (χ1n) is 12.9. The number of halogens is 1. The highest BCUT2D eigenvalue weighted by atomic mass is 79.9. The van der Waals surface area contributed by atoms with E-state index in [2.05, 4.69) is 121 Å². The summed E-state index contributed by atoms with van der Waals surface area (Å²) in [7, 11) is 0. The molecule has 3 nitrogen and oxygen atoms in total. The molecule has 7 rings (SSSR count). The van der Waals surface area contributed by atoms with Crippen molar-refractivity contribution >= 4 is 54.7 Å². The van der Waals surface area contributed by atoms with E-state index in [9.17, 15) is 0 Å². The van der Waals surface area contributed by atoms with Crippen molar-refractivity contribution in [3.8, 4) is 5.69 Å². The zero-order valence-corrected chi connectivity index (χ0v) is 22.0. The predicted octanol–water partition coefficient (Wildman–Crippen LogP) is 9.29. The molecule has 1 aliphatic carbocycles. The van der Waals surface area contributed by atoms with Crippen LogP contribution < -0.4 is 4.90 Å². The molecule has 4 aromatic carbocycles. The number of pyridine rings is 1. The third-order valence-corrected chi connectivity index (χ3v) is 7.92. The normalized spacial score (nSPS) is 13.1. The number of hydrogen-bond donors (Lipinski definition) is 0. The number of anilines is 3. The van der Waals surface area contributed by atoms with Crippen molar-refractivity contribution in [3.63, 3.8) is 0 Å². The minimum absolute atomic E-state index is 1.03. The molecule has 0 spiro atoms. The number of nitrogens with zero attached hydrogens (tertiary/aromatic N) is 3. The van der Waals surface area contributed by atoms with Gasteiger partial charge in [0, 0.05) is 38.8 Å². The summed E-state index contributed by atoms with van der Waals surface area (Å²) in [4.78, 5) is 6.75. The van der Waals surface area contributed by atoms with E-state index in [1.165, 1.54) is 51.5 Å². The number of fused-ring (bicyclic) bond motifs is 4. The Labute approximate surface area is 225 Å². The lowest BCUT2D eigenvalue weighted by atomic mass is 9.95. The Kier molecular flexibility index (Phi) is 5.55. The van der Waals surface area contributed by atoms with Crippen molar-refractivity contribution in [2.45, 2.75) is 25.7 Å². The number of aryl methyl sites for hydroxylation is 1. The van der Waals surface area contributed by atoms with E-state index in [0.717, 1.165) is 34.4 Å². The van der Waals surface area contributed by atoms with E-state index in [4.69, 9.17) is 0 Å². The summed E-state index contributed by atoms with van der Waals surface area (Å²) in [6.45, 7) is 0. The minimum atomic E-state index is 1.03. The van der Waals surface area contributed by atoms with Crippen LogP contribution in [0, 0.1) is 0 Å². The van der Waals surface area contributed by atoms with Crippen molar-refractivity contribution in [2.24, 2.45) is 0 Å². The number of benzene rings is 4. The van der Waals surface area contributed by atoms with E-state index in [1.54, 1.807) is 0 Å². The Morgan fingerprint density at radius 3 is 2.43 bits per heavy atom. The maximum Gasteiger partial charge on any atom is 0.0644 e. The molecule has 0 radical (unpaired) electrons. The molecular formula is C33H26BrN3. The molecule has 2 aromatic heterocycles. The summed E-state index contributed by atoms with van der Waals surface area (Å²) >= 11 is 3.86. The van der Waals surface area contributed by atoms with Crippen molar-refractivity contribution in [1.29, 1.82) is 0 Å². The van der Waals surface area contributed by atoms with Crippen LogP contribution >= 0.6 is 15.9 Å². The van der Waals surface area contributed by atoms with Crippen LogP contribution in [0.15, 0.2) is 114 Å².